The van der Waals surface area contributed by atoms with Gasteiger partial charge in [0.2, 0.25) is 5.91 Å². The van der Waals surface area contributed by atoms with Gasteiger partial charge in [0.25, 0.3) is 0 Å². The number of carbonyl (C=O) groups excluding carboxylic acids is 1. The van der Waals surface area contributed by atoms with E-state index in [1.807, 2.05) is 55.1 Å². The van der Waals surface area contributed by atoms with Gasteiger partial charge in [-0.25, -0.2) is 0 Å². The number of nitrogens with zero attached hydrogens (tertiary/aromatic N) is 2. The van der Waals surface area contributed by atoms with Gasteiger partial charge in [0, 0.05) is 18.1 Å². The third-order valence-electron chi connectivity index (χ3n) is 4.06. The number of anilines is 1. The molecule has 0 saturated heterocycles. The van der Waals surface area contributed by atoms with Crippen molar-refractivity contribution in [1.29, 1.82) is 0 Å². The molecule has 2 rings (SSSR count). The first-order valence-electron chi connectivity index (χ1n) is 8.63. The molecule has 1 heterocycles. The highest BCUT2D eigenvalue weighted by molar-refractivity contribution is 5.91. The van der Waals surface area contributed by atoms with E-state index >= 15 is 0 Å². The minimum Gasteiger partial charge on any atom is -0.389 e. The normalized spacial score (nSPS) is 11.5. The van der Waals surface area contributed by atoms with Gasteiger partial charge in [-0.2, -0.15) is 5.10 Å². The monoisotopic (exact) mass is 329 g/mol. The summed E-state index contributed by atoms with van der Waals surface area (Å²) in [6.45, 7) is 4.75. The Balaban J connectivity index is 1.91. The van der Waals surface area contributed by atoms with Crippen molar-refractivity contribution in [2.75, 3.05) is 5.32 Å². The van der Waals surface area contributed by atoms with Crippen LogP contribution in [0.5, 0.6) is 0 Å². The van der Waals surface area contributed by atoms with Crippen LogP contribution in [0.1, 0.15) is 51.5 Å². The van der Waals surface area contributed by atoms with Crippen molar-refractivity contribution in [3.05, 3.63) is 48.3 Å². The molecule has 0 bridgehead atoms. The van der Waals surface area contributed by atoms with Crippen molar-refractivity contribution in [3.8, 4) is 0 Å². The molecule has 5 nitrogen and oxygen atoms in total. The molecule has 0 spiro atoms. The molecule has 2 aromatic rings. The number of benzene rings is 1. The highest BCUT2D eigenvalue weighted by Crippen LogP contribution is 2.24. The molecule has 1 aromatic carbocycles. The van der Waals surface area contributed by atoms with E-state index in [0.717, 1.165) is 24.1 Å². The van der Waals surface area contributed by atoms with Crippen LogP contribution in [0.25, 0.3) is 0 Å². The number of hydrogen-bond acceptors (Lipinski definition) is 3. The zero-order valence-electron chi connectivity index (χ0n) is 14.5. The second-order valence-corrected chi connectivity index (χ2v) is 6.35. The van der Waals surface area contributed by atoms with E-state index in [-0.39, 0.29) is 12.3 Å². The highest BCUT2D eigenvalue weighted by Gasteiger charge is 2.28. The molecule has 1 amide bonds. The van der Waals surface area contributed by atoms with E-state index < -0.39 is 5.60 Å². The summed E-state index contributed by atoms with van der Waals surface area (Å²) < 4.78 is 1.85. The van der Waals surface area contributed by atoms with E-state index in [9.17, 15) is 9.90 Å². The molecule has 2 N–H and O–H groups in total. The SMILES string of the molecule is CCCC(O)(CCC)CC(=O)Nc1ccc(Cn2cccn2)cc1. The van der Waals surface area contributed by atoms with E-state index in [4.69, 9.17) is 0 Å². The summed E-state index contributed by atoms with van der Waals surface area (Å²) in [4.78, 5) is 12.2. The summed E-state index contributed by atoms with van der Waals surface area (Å²) >= 11 is 0. The van der Waals surface area contributed by atoms with Crippen molar-refractivity contribution >= 4 is 11.6 Å². The maximum atomic E-state index is 12.2. The summed E-state index contributed by atoms with van der Waals surface area (Å²) in [7, 11) is 0. The molecule has 1 aromatic heterocycles. The van der Waals surface area contributed by atoms with Crippen molar-refractivity contribution in [2.45, 2.75) is 58.1 Å². The lowest BCUT2D eigenvalue weighted by Crippen LogP contribution is -2.33. The van der Waals surface area contributed by atoms with Gasteiger partial charge in [0.1, 0.15) is 0 Å². The first-order chi connectivity index (χ1) is 11.5. The number of rotatable bonds is 9. The van der Waals surface area contributed by atoms with Gasteiger partial charge in [0.15, 0.2) is 0 Å². The molecule has 0 aliphatic carbocycles. The maximum Gasteiger partial charge on any atom is 0.227 e. The van der Waals surface area contributed by atoms with Crippen molar-refractivity contribution in [1.82, 2.24) is 9.78 Å². The first kappa shape index (κ1) is 18.2. The van der Waals surface area contributed by atoms with Crippen LogP contribution in [0.15, 0.2) is 42.7 Å². The van der Waals surface area contributed by atoms with Crippen LogP contribution in [-0.2, 0) is 11.3 Å². The fourth-order valence-corrected chi connectivity index (χ4v) is 3.01. The predicted molar refractivity (Wildman–Crippen MR) is 95.8 cm³/mol. The Bertz CT molecular complexity index is 615. The Morgan fingerprint density at radius 2 is 1.88 bits per heavy atom. The average molecular weight is 329 g/mol. The summed E-state index contributed by atoms with van der Waals surface area (Å²) in [5.41, 5.74) is 0.970. The molecule has 0 saturated carbocycles. The number of aliphatic hydroxyl groups is 1. The molecule has 0 aliphatic rings. The molecular formula is C19H27N3O2. The second kappa shape index (κ2) is 8.64. The predicted octanol–water partition coefficient (Wildman–Crippen LogP) is 3.59. The van der Waals surface area contributed by atoms with Crippen LogP contribution >= 0.6 is 0 Å². The smallest absolute Gasteiger partial charge is 0.227 e. The fraction of sp³-hybridized carbons (Fsp3) is 0.474. The number of hydrogen-bond donors (Lipinski definition) is 2. The molecule has 0 atom stereocenters. The molecule has 0 unspecified atom stereocenters. The van der Waals surface area contributed by atoms with Gasteiger partial charge < -0.3 is 10.4 Å². The van der Waals surface area contributed by atoms with Gasteiger partial charge in [-0.1, -0.05) is 38.8 Å². The molecule has 130 valence electrons. The summed E-state index contributed by atoms with van der Waals surface area (Å²) in [6.07, 6.45) is 6.84. The molecule has 5 heteroatoms. The Hall–Kier alpha value is -2.14. The van der Waals surface area contributed by atoms with Crippen molar-refractivity contribution in [3.63, 3.8) is 0 Å². The van der Waals surface area contributed by atoms with Crippen molar-refractivity contribution < 1.29 is 9.90 Å². The molecular weight excluding hydrogens is 302 g/mol. The van der Waals surface area contributed by atoms with E-state index in [1.54, 1.807) is 6.20 Å². The minimum absolute atomic E-state index is 0.140. The van der Waals surface area contributed by atoms with Crippen molar-refractivity contribution in [2.24, 2.45) is 0 Å². The average Bonchev–Trinajstić information content (AvgIpc) is 3.02. The van der Waals surface area contributed by atoms with Crippen LogP contribution in [0.3, 0.4) is 0 Å². The lowest BCUT2D eigenvalue weighted by atomic mass is 9.89. The topological polar surface area (TPSA) is 67.2 Å². The van der Waals surface area contributed by atoms with Gasteiger partial charge >= 0.3 is 0 Å². The Morgan fingerprint density at radius 3 is 2.42 bits per heavy atom. The lowest BCUT2D eigenvalue weighted by molar-refractivity contribution is -0.121. The molecule has 0 aliphatic heterocycles. The molecule has 0 radical (unpaired) electrons. The van der Waals surface area contributed by atoms with E-state index in [1.165, 1.54) is 0 Å². The van der Waals surface area contributed by atoms with Crippen LogP contribution in [0.4, 0.5) is 5.69 Å². The number of amides is 1. The number of aromatic nitrogens is 2. The molecule has 24 heavy (non-hydrogen) atoms. The Kier molecular flexibility index (Phi) is 6.55. The Morgan fingerprint density at radius 1 is 1.21 bits per heavy atom. The maximum absolute atomic E-state index is 12.2. The minimum atomic E-state index is -0.895. The summed E-state index contributed by atoms with van der Waals surface area (Å²) in [6, 6.07) is 9.61. The Labute approximate surface area is 143 Å². The van der Waals surface area contributed by atoms with Gasteiger partial charge in [-0.05, 0) is 36.6 Å². The first-order valence-corrected chi connectivity index (χ1v) is 8.63. The standard InChI is InChI=1S/C19H27N3O2/c1-3-10-19(24,11-4-2)14-18(23)21-17-8-6-16(7-9-17)15-22-13-5-12-20-22/h5-9,12-13,24H,3-4,10-11,14-15H2,1-2H3,(H,21,23). The van der Waals surface area contributed by atoms with Crippen LogP contribution in [0.2, 0.25) is 0 Å². The fourth-order valence-electron chi connectivity index (χ4n) is 3.01. The van der Waals surface area contributed by atoms with E-state index in [2.05, 4.69) is 10.4 Å². The zero-order chi connectivity index (χ0) is 17.4. The second-order valence-electron chi connectivity index (χ2n) is 6.35. The third kappa shape index (κ3) is 5.49. The van der Waals surface area contributed by atoms with Crippen LogP contribution in [-0.4, -0.2) is 26.4 Å². The zero-order valence-corrected chi connectivity index (χ0v) is 14.5. The van der Waals surface area contributed by atoms with Gasteiger partial charge in [-0.15, -0.1) is 0 Å². The summed E-state index contributed by atoms with van der Waals surface area (Å²) in [5, 5.41) is 17.6. The highest BCUT2D eigenvalue weighted by atomic mass is 16.3. The van der Waals surface area contributed by atoms with Gasteiger partial charge in [0.05, 0.1) is 18.6 Å². The van der Waals surface area contributed by atoms with E-state index in [0.29, 0.717) is 19.4 Å². The van der Waals surface area contributed by atoms with Crippen LogP contribution in [0, 0.1) is 0 Å². The number of nitrogens with one attached hydrogen (secondary N) is 1. The molecule has 0 fully saturated rings. The largest absolute Gasteiger partial charge is 0.389 e. The number of carbonyl (C=O) groups is 1. The van der Waals surface area contributed by atoms with Crippen LogP contribution < -0.4 is 5.32 Å². The third-order valence-corrected chi connectivity index (χ3v) is 4.06. The lowest BCUT2D eigenvalue weighted by Gasteiger charge is -2.26. The van der Waals surface area contributed by atoms with Gasteiger partial charge in [-0.3, -0.25) is 9.48 Å². The quantitative estimate of drug-likeness (QED) is 0.739. The summed E-state index contributed by atoms with van der Waals surface area (Å²) in [5.74, 6) is -0.140.